The first-order chi connectivity index (χ1) is 31.3. The van der Waals surface area contributed by atoms with Crippen molar-refractivity contribution < 1.29 is 27.3 Å². The number of nitrogens with zero attached hydrogens (tertiary/aromatic N) is 5. The van der Waals surface area contributed by atoms with Crippen LogP contribution < -0.4 is 4.40 Å². The number of furan rings is 1. The second-order valence-electron chi connectivity index (χ2n) is 17.5. The second kappa shape index (κ2) is 19.0. The molecule has 0 N–H and O–H groups in total. The average molecular weight is 1080 g/mol. The second-order valence-corrected chi connectivity index (χ2v) is 28.1. The molecule has 8 heteroatoms. The van der Waals surface area contributed by atoms with Crippen LogP contribution in [0.1, 0.15) is 64.5 Å². The van der Waals surface area contributed by atoms with E-state index in [0.29, 0.717) is 5.56 Å². The van der Waals surface area contributed by atoms with Gasteiger partial charge in [-0.2, -0.15) is 10.2 Å². The standard InChI is InChI=1S/C35H29N4O.C21H22GeN.Ir/c1-21(2)28-17-24(23-11-6-5-7-12-23)18-29(22(3)4)33(28)39-31-20-37-36-19-30(31)38-35(39)27-15-10-14-26-25-13-8-9-16-32(25)40-34(26)27;1-22(2,3)20-16-23-21(18-12-8-5-9-13-18)15-19(20)14-17-10-6-4-7-11-17;/h5-14,16-22H,1-4H3;4-12,15-16H,14H2,1-3H3;/q2*-1;/i;14D2;. The molecule has 0 aliphatic rings. The van der Waals surface area contributed by atoms with E-state index in [0.717, 1.165) is 71.3 Å². The zero-order valence-corrected chi connectivity index (χ0v) is 41.6. The molecule has 1 radical (unpaired) electrons. The van der Waals surface area contributed by atoms with Gasteiger partial charge in [-0.1, -0.05) is 87.2 Å². The molecule has 0 aliphatic heterocycles. The molecule has 0 bridgehead atoms. The summed E-state index contributed by atoms with van der Waals surface area (Å²) in [6.45, 7) is 9.01. The fourth-order valence-electron chi connectivity index (χ4n) is 8.24. The minimum Gasteiger partial charge on any atom is 0 e. The summed E-state index contributed by atoms with van der Waals surface area (Å²) in [5, 5.41) is 10.6. The molecule has 0 saturated carbocycles. The van der Waals surface area contributed by atoms with E-state index in [1.807, 2.05) is 97.3 Å². The van der Waals surface area contributed by atoms with Crippen LogP contribution in [0, 0.1) is 12.1 Å². The van der Waals surface area contributed by atoms with E-state index in [-0.39, 0.29) is 31.9 Å². The van der Waals surface area contributed by atoms with Crippen molar-refractivity contribution in [3.8, 4) is 39.5 Å². The normalized spacial score (nSPS) is 12.3. The Morgan fingerprint density at radius 1 is 0.688 bits per heavy atom. The van der Waals surface area contributed by atoms with Crippen LogP contribution in [-0.4, -0.2) is 38.0 Å². The molecule has 4 aromatic heterocycles. The first-order valence-electron chi connectivity index (χ1n) is 22.6. The SMILES string of the molecule is CC(C)c1cc(-c2ccccc2)cc(C(C)C)c1-n1c(-c2[c-]ccc3c2oc2ccccc23)nc2cnncc21.[2H]C([2H])(c1ccccc1)c1cc(-c2[c-]cccc2)nc[c]1[Ge]([CH3])([CH3])[CH3].[Ir]. The van der Waals surface area contributed by atoms with Crippen molar-refractivity contribution in [2.45, 2.75) is 63.2 Å². The molecule has 0 aliphatic carbocycles. The van der Waals surface area contributed by atoms with E-state index in [1.54, 1.807) is 6.20 Å². The maximum atomic E-state index is 8.85. The molecule has 0 saturated heterocycles. The van der Waals surface area contributed by atoms with Crippen LogP contribution in [0.25, 0.3) is 72.4 Å². The fourth-order valence-corrected chi connectivity index (χ4v) is 11.2. The number of pyridine rings is 1. The Balaban J connectivity index is 0.000000197. The molecular formula is C56H51GeIrN5O-2. The minimum absolute atomic E-state index is 0. The van der Waals surface area contributed by atoms with Gasteiger partial charge in [0.2, 0.25) is 0 Å². The molecule has 0 unspecified atom stereocenters. The Morgan fingerprint density at radius 2 is 1.36 bits per heavy atom. The van der Waals surface area contributed by atoms with Gasteiger partial charge in [0.05, 0.1) is 34.8 Å². The van der Waals surface area contributed by atoms with Gasteiger partial charge in [-0.3, -0.25) is 4.98 Å². The van der Waals surface area contributed by atoms with Crippen LogP contribution in [-0.2, 0) is 26.5 Å². The zero-order valence-electron chi connectivity index (χ0n) is 39.1. The number of rotatable bonds is 9. The molecule has 0 atom stereocenters. The Bertz CT molecular complexity index is 3260. The molecule has 0 fully saturated rings. The van der Waals surface area contributed by atoms with Crippen LogP contribution in [0.3, 0.4) is 0 Å². The van der Waals surface area contributed by atoms with E-state index in [9.17, 15) is 0 Å². The molecule has 0 spiro atoms. The summed E-state index contributed by atoms with van der Waals surface area (Å²) in [7, 11) is 0. The van der Waals surface area contributed by atoms with Gasteiger partial charge in [0, 0.05) is 31.2 Å². The van der Waals surface area contributed by atoms with Gasteiger partial charge in [-0.05, 0) is 52.3 Å². The van der Waals surface area contributed by atoms with Gasteiger partial charge in [0.1, 0.15) is 5.58 Å². The van der Waals surface area contributed by atoms with E-state index in [2.05, 4.69) is 131 Å². The number of para-hydroxylation sites is 1. The van der Waals surface area contributed by atoms with E-state index < -0.39 is 19.6 Å². The van der Waals surface area contributed by atoms with Gasteiger partial charge < -0.3 is 8.98 Å². The Kier molecular flexibility index (Phi) is 12.5. The van der Waals surface area contributed by atoms with E-state index >= 15 is 0 Å². The van der Waals surface area contributed by atoms with Crippen molar-refractivity contribution >= 4 is 50.6 Å². The Morgan fingerprint density at radius 3 is 2.05 bits per heavy atom. The summed E-state index contributed by atoms with van der Waals surface area (Å²) in [4.78, 5) is 9.76. The maximum absolute atomic E-state index is 8.85. The predicted molar refractivity (Wildman–Crippen MR) is 263 cm³/mol. The number of hydrogen-bond acceptors (Lipinski definition) is 5. The van der Waals surface area contributed by atoms with Gasteiger partial charge in [0.15, 0.2) is 0 Å². The van der Waals surface area contributed by atoms with Crippen LogP contribution >= 0.6 is 0 Å². The van der Waals surface area contributed by atoms with Crippen LogP contribution in [0.2, 0.25) is 17.3 Å². The number of aromatic nitrogens is 5. The largest absolute Gasteiger partial charge is 0 e. The van der Waals surface area contributed by atoms with Gasteiger partial charge >= 0.3 is 144 Å². The monoisotopic (exact) mass is 1080 g/mol. The summed E-state index contributed by atoms with van der Waals surface area (Å²) in [6.07, 6.45) is 3.88. The third kappa shape index (κ3) is 9.03. The van der Waals surface area contributed by atoms with Crippen molar-refractivity contribution in [3.63, 3.8) is 0 Å². The van der Waals surface area contributed by atoms with Crippen molar-refractivity contribution in [2.24, 2.45) is 0 Å². The van der Waals surface area contributed by atoms with Crippen molar-refractivity contribution in [1.82, 2.24) is 24.7 Å². The smallest absolute Gasteiger partial charge is 0 e. The van der Waals surface area contributed by atoms with Crippen LogP contribution in [0.5, 0.6) is 0 Å². The summed E-state index contributed by atoms with van der Waals surface area (Å²) >= 11 is -2.30. The summed E-state index contributed by atoms with van der Waals surface area (Å²) in [5.41, 5.74) is 13.3. The first-order valence-corrected chi connectivity index (χ1v) is 28.9. The topological polar surface area (TPSA) is 69.6 Å². The third-order valence-corrected chi connectivity index (χ3v) is 15.7. The van der Waals surface area contributed by atoms with E-state index in [4.69, 9.17) is 12.1 Å². The molecule has 0 amide bonds. The summed E-state index contributed by atoms with van der Waals surface area (Å²) < 4.78 is 27.5. The summed E-state index contributed by atoms with van der Waals surface area (Å²) in [5.74, 6) is 8.12. The van der Waals surface area contributed by atoms with Crippen molar-refractivity contribution in [3.05, 3.63) is 193 Å². The molecule has 6 aromatic carbocycles. The third-order valence-electron chi connectivity index (χ3n) is 11.4. The van der Waals surface area contributed by atoms with Crippen LogP contribution in [0.15, 0.2) is 163 Å². The fraction of sp³-hybridized carbons (Fsp3) is 0.179. The van der Waals surface area contributed by atoms with Crippen molar-refractivity contribution in [1.29, 1.82) is 0 Å². The molecule has 10 aromatic rings. The number of hydrogen-bond donors (Lipinski definition) is 0. The minimum atomic E-state index is -2.30. The number of fused-ring (bicyclic) bond motifs is 4. The Hall–Kier alpha value is -5.99. The average Bonchev–Trinajstić information content (AvgIpc) is 3.90. The van der Waals surface area contributed by atoms with Gasteiger partial charge in [-0.15, -0.1) is 18.2 Å². The number of benzene rings is 6. The maximum Gasteiger partial charge on any atom is 0 e. The molecule has 6 nitrogen and oxygen atoms in total. The number of imidazole rings is 1. The van der Waals surface area contributed by atoms with E-state index in [1.165, 1.54) is 22.3 Å². The van der Waals surface area contributed by atoms with Gasteiger partial charge in [-0.25, -0.2) is 0 Å². The zero-order chi connectivity index (χ0) is 45.5. The molecule has 321 valence electrons. The molecule has 10 rings (SSSR count). The molecule has 64 heavy (non-hydrogen) atoms. The molecule has 4 heterocycles. The quantitative estimate of drug-likeness (QED) is 0.106. The predicted octanol–water partition coefficient (Wildman–Crippen LogP) is 13.8. The van der Waals surface area contributed by atoms with Crippen molar-refractivity contribution in [2.75, 3.05) is 0 Å². The first kappa shape index (κ1) is 42.0. The molecular weight excluding hydrogens is 1020 g/mol. The van der Waals surface area contributed by atoms with Crippen LogP contribution in [0.4, 0.5) is 0 Å². The van der Waals surface area contributed by atoms with Gasteiger partial charge in [0.25, 0.3) is 0 Å². The summed E-state index contributed by atoms with van der Waals surface area (Å²) in [6, 6.07) is 53.1. The Labute approximate surface area is 395 Å².